The van der Waals surface area contributed by atoms with Gasteiger partial charge in [-0.05, 0) is 29.7 Å². The third-order valence-electron chi connectivity index (χ3n) is 3.77. The lowest BCUT2D eigenvalue weighted by Crippen LogP contribution is -2.26. The molecule has 0 unspecified atom stereocenters. The number of carbonyl (C=O) groups is 1. The second kappa shape index (κ2) is 5.00. The van der Waals surface area contributed by atoms with E-state index in [9.17, 15) is 4.79 Å². The standard InChI is InChI=1S/C9H10.C8H8O3/c1-9(2)7-4-3-5-8(9)6-7;1-5-3-2-4-6(9)7(5)8(10)11/h3-6H,1-2H3;2-4,9H,1H3,(H,10,11). The highest BCUT2D eigenvalue weighted by molar-refractivity contribution is 5.92. The Balaban J connectivity index is 0.000000149. The van der Waals surface area contributed by atoms with Crippen LogP contribution in [0.1, 0.15) is 40.9 Å². The number of aromatic hydroxyl groups is 1. The summed E-state index contributed by atoms with van der Waals surface area (Å²) in [4.78, 5) is 10.5. The second-order valence-corrected chi connectivity index (χ2v) is 5.48. The van der Waals surface area contributed by atoms with Crippen LogP contribution in [0.5, 0.6) is 5.75 Å². The summed E-state index contributed by atoms with van der Waals surface area (Å²) in [6.45, 7) is 6.17. The van der Waals surface area contributed by atoms with Gasteiger partial charge < -0.3 is 10.2 Å². The number of carboxylic acid groups (broad SMARTS) is 1. The fraction of sp³-hybridized carbons (Fsp3) is 0.235. The Morgan fingerprint density at radius 2 is 1.60 bits per heavy atom. The van der Waals surface area contributed by atoms with Crippen molar-refractivity contribution < 1.29 is 15.0 Å². The minimum Gasteiger partial charge on any atom is -0.507 e. The van der Waals surface area contributed by atoms with E-state index in [1.54, 1.807) is 19.1 Å². The van der Waals surface area contributed by atoms with Crippen molar-refractivity contribution in [3.63, 3.8) is 0 Å². The molecule has 0 saturated carbocycles. The lowest BCUT2D eigenvalue weighted by molar-refractivity contribution is 0.0693. The number of carboxylic acids is 1. The van der Waals surface area contributed by atoms with E-state index in [4.69, 9.17) is 10.2 Å². The zero-order chi connectivity index (χ0) is 14.9. The Morgan fingerprint density at radius 3 is 1.90 bits per heavy atom. The predicted octanol–water partition coefficient (Wildman–Crippen LogP) is 3.72. The molecular weight excluding hydrogens is 252 g/mol. The summed E-state index contributed by atoms with van der Waals surface area (Å²) in [5.41, 5.74) is 3.86. The maximum atomic E-state index is 10.5. The summed E-state index contributed by atoms with van der Waals surface area (Å²) < 4.78 is 0. The molecule has 0 aromatic heterocycles. The highest BCUT2D eigenvalue weighted by atomic mass is 16.4. The average molecular weight is 270 g/mol. The third-order valence-corrected chi connectivity index (χ3v) is 3.77. The van der Waals surface area contributed by atoms with Crippen LogP contribution in [0.2, 0.25) is 0 Å². The van der Waals surface area contributed by atoms with Gasteiger partial charge in [-0.2, -0.15) is 0 Å². The van der Waals surface area contributed by atoms with Crippen molar-refractivity contribution in [1.82, 2.24) is 0 Å². The molecule has 0 radical (unpaired) electrons. The largest absolute Gasteiger partial charge is 0.507 e. The van der Waals surface area contributed by atoms with Crippen LogP contribution < -0.4 is 0 Å². The molecule has 2 aliphatic carbocycles. The molecule has 2 aromatic carbocycles. The van der Waals surface area contributed by atoms with E-state index in [1.165, 1.54) is 17.2 Å². The van der Waals surface area contributed by atoms with E-state index in [0.29, 0.717) is 11.0 Å². The molecule has 2 aliphatic rings. The third kappa shape index (κ3) is 2.39. The van der Waals surface area contributed by atoms with Gasteiger partial charge >= 0.3 is 5.97 Å². The Labute approximate surface area is 118 Å². The molecule has 104 valence electrons. The molecule has 0 amide bonds. The van der Waals surface area contributed by atoms with Crippen molar-refractivity contribution in [1.29, 1.82) is 0 Å². The van der Waals surface area contributed by atoms with Gasteiger partial charge in [0.2, 0.25) is 0 Å². The molecule has 0 spiro atoms. The Morgan fingerprint density at radius 1 is 1.05 bits per heavy atom. The van der Waals surface area contributed by atoms with Gasteiger partial charge in [-0.1, -0.05) is 50.2 Å². The molecule has 0 aliphatic heterocycles. The summed E-state index contributed by atoms with van der Waals surface area (Å²) >= 11 is 0. The average Bonchev–Trinajstić information content (AvgIpc) is 2.39. The first-order chi connectivity index (χ1) is 9.34. The number of fused-ring (bicyclic) bond motifs is 2. The molecule has 4 rings (SSSR count). The lowest BCUT2D eigenvalue weighted by Gasteiger charge is -2.35. The van der Waals surface area contributed by atoms with Crippen LogP contribution in [0.15, 0.2) is 42.5 Å². The summed E-state index contributed by atoms with van der Waals surface area (Å²) in [7, 11) is 0. The maximum Gasteiger partial charge on any atom is 0.339 e. The van der Waals surface area contributed by atoms with Crippen LogP contribution in [0.3, 0.4) is 0 Å². The number of aromatic carboxylic acids is 1. The minimum absolute atomic E-state index is 0.0208. The summed E-state index contributed by atoms with van der Waals surface area (Å²) in [6, 6.07) is 13.4. The summed E-state index contributed by atoms with van der Waals surface area (Å²) in [6.07, 6.45) is 0. The highest BCUT2D eigenvalue weighted by Crippen LogP contribution is 2.40. The van der Waals surface area contributed by atoms with Gasteiger partial charge in [-0.3, -0.25) is 0 Å². The molecule has 0 atom stereocenters. The quantitative estimate of drug-likeness (QED) is 0.830. The molecule has 2 aromatic rings. The summed E-state index contributed by atoms with van der Waals surface area (Å²) in [5.74, 6) is -1.28. The van der Waals surface area contributed by atoms with Crippen LogP contribution in [0.25, 0.3) is 0 Å². The van der Waals surface area contributed by atoms with Crippen LogP contribution >= 0.6 is 0 Å². The van der Waals surface area contributed by atoms with Gasteiger partial charge in [0, 0.05) is 5.41 Å². The molecule has 2 N–H and O–H groups in total. The van der Waals surface area contributed by atoms with E-state index >= 15 is 0 Å². The zero-order valence-electron chi connectivity index (χ0n) is 11.8. The van der Waals surface area contributed by atoms with E-state index in [-0.39, 0.29) is 11.3 Å². The van der Waals surface area contributed by atoms with E-state index in [0.717, 1.165) is 0 Å². The molecular formula is C17H18O3. The predicted molar refractivity (Wildman–Crippen MR) is 78.4 cm³/mol. The highest BCUT2D eigenvalue weighted by Gasteiger charge is 2.30. The molecule has 20 heavy (non-hydrogen) atoms. The summed E-state index contributed by atoms with van der Waals surface area (Å²) in [5, 5.41) is 17.7. The second-order valence-electron chi connectivity index (χ2n) is 5.48. The van der Waals surface area contributed by atoms with Crippen LogP contribution in [-0.2, 0) is 5.41 Å². The maximum absolute atomic E-state index is 10.5. The van der Waals surface area contributed by atoms with Crippen molar-refractivity contribution in [2.45, 2.75) is 26.2 Å². The molecule has 0 saturated heterocycles. The van der Waals surface area contributed by atoms with Crippen molar-refractivity contribution in [3.05, 3.63) is 64.7 Å². The van der Waals surface area contributed by atoms with Gasteiger partial charge in [0.1, 0.15) is 11.3 Å². The van der Waals surface area contributed by atoms with Gasteiger partial charge in [0.25, 0.3) is 0 Å². The van der Waals surface area contributed by atoms with Crippen molar-refractivity contribution in [2.75, 3.05) is 0 Å². The smallest absolute Gasteiger partial charge is 0.339 e. The minimum atomic E-state index is -1.10. The number of phenols is 1. The molecule has 2 bridgehead atoms. The number of benzene rings is 2. The topological polar surface area (TPSA) is 57.5 Å². The number of aryl methyl sites for hydroxylation is 1. The Hall–Kier alpha value is -2.29. The first kappa shape index (κ1) is 14.1. The fourth-order valence-corrected chi connectivity index (χ4v) is 2.32. The first-order valence-corrected chi connectivity index (χ1v) is 6.47. The van der Waals surface area contributed by atoms with Crippen LogP contribution in [0, 0.1) is 6.92 Å². The molecule has 0 fully saturated rings. The van der Waals surface area contributed by atoms with Gasteiger partial charge in [0.05, 0.1) is 0 Å². The lowest BCUT2D eigenvalue weighted by atomic mass is 9.69. The monoisotopic (exact) mass is 270 g/mol. The van der Waals surface area contributed by atoms with Gasteiger partial charge in [-0.15, -0.1) is 0 Å². The Kier molecular flexibility index (Phi) is 3.53. The van der Waals surface area contributed by atoms with Crippen molar-refractivity contribution in [2.24, 2.45) is 0 Å². The van der Waals surface area contributed by atoms with Crippen LogP contribution in [0.4, 0.5) is 0 Å². The Bertz CT molecular complexity index is 608. The van der Waals surface area contributed by atoms with Gasteiger partial charge in [-0.25, -0.2) is 4.79 Å². The number of rotatable bonds is 1. The van der Waals surface area contributed by atoms with Gasteiger partial charge in [0.15, 0.2) is 0 Å². The van der Waals surface area contributed by atoms with Crippen molar-refractivity contribution >= 4 is 5.97 Å². The van der Waals surface area contributed by atoms with E-state index < -0.39 is 5.97 Å². The van der Waals surface area contributed by atoms with Crippen molar-refractivity contribution in [3.8, 4) is 5.75 Å². The molecule has 3 nitrogen and oxygen atoms in total. The SMILES string of the molecule is CC1(C)c2cccc1c2.Cc1cccc(O)c1C(=O)O. The molecule has 0 heterocycles. The first-order valence-electron chi connectivity index (χ1n) is 6.47. The molecule has 3 heteroatoms. The number of hydrogen-bond donors (Lipinski definition) is 2. The van der Waals surface area contributed by atoms with E-state index in [1.807, 2.05) is 0 Å². The van der Waals surface area contributed by atoms with Crippen LogP contribution in [-0.4, -0.2) is 16.2 Å². The van der Waals surface area contributed by atoms with E-state index in [2.05, 4.69) is 38.1 Å². The fourth-order valence-electron chi connectivity index (χ4n) is 2.32. The number of hydrogen-bond acceptors (Lipinski definition) is 2. The zero-order valence-corrected chi connectivity index (χ0v) is 11.8. The normalized spacial score (nSPS) is 13.8.